The molecule has 7 nitrogen and oxygen atoms in total. The van der Waals surface area contributed by atoms with Crippen molar-refractivity contribution in [2.24, 2.45) is 5.10 Å². The number of fused-ring (bicyclic) bond motifs is 1. The molecule has 124 valence electrons. The zero-order chi connectivity index (χ0) is 17.8. The molecule has 8 heteroatoms. The third-order valence-corrected chi connectivity index (χ3v) is 3.70. The van der Waals surface area contributed by atoms with Gasteiger partial charge in [0, 0.05) is 28.6 Å². The van der Waals surface area contributed by atoms with Crippen molar-refractivity contribution >= 4 is 40.3 Å². The summed E-state index contributed by atoms with van der Waals surface area (Å²) in [5, 5.41) is 15.5. The van der Waals surface area contributed by atoms with Crippen molar-refractivity contribution in [2.45, 2.75) is 0 Å². The number of nitro benzene ring substituents is 1. The van der Waals surface area contributed by atoms with Gasteiger partial charge in [0.05, 0.1) is 16.7 Å². The van der Waals surface area contributed by atoms with Gasteiger partial charge >= 0.3 is 0 Å². The number of nitrogens with one attached hydrogen (secondary N) is 1. The van der Waals surface area contributed by atoms with Crippen LogP contribution in [-0.2, 0) is 0 Å². The molecule has 0 unspecified atom stereocenters. The van der Waals surface area contributed by atoms with Crippen LogP contribution in [-0.4, -0.2) is 22.0 Å². The van der Waals surface area contributed by atoms with Gasteiger partial charge in [0.1, 0.15) is 5.15 Å². The number of aromatic nitrogens is 1. The van der Waals surface area contributed by atoms with Gasteiger partial charge in [0.15, 0.2) is 0 Å². The standard InChI is InChI=1S/C17H11ClN4O3/c18-16-13(10-19-21-17(23)11-4-2-1-3-5-11)8-12-6-7-14(22(24)25)9-15(12)20-16/h1-10H,(H,21,23)/b19-10-. The van der Waals surface area contributed by atoms with Gasteiger partial charge in [-0.25, -0.2) is 10.4 Å². The number of nitro groups is 1. The Morgan fingerprint density at radius 2 is 1.96 bits per heavy atom. The first-order chi connectivity index (χ1) is 12.0. The van der Waals surface area contributed by atoms with Crippen LogP contribution in [0.15, 0.2) is 59.7 Å². The molecule has 25 heavy (non-hydrogen) atoms. The second-order valence-corrected chi connectivity index (χ2v) is 5.43. The van der Waals surface area contributed by atoms with Crippen LogP contribution in [0.3, 0.4) is 0 Å². The fourth-order valence-corrected chi connectivity index (χ4v) is 2.36. The van der Waals surface area contributed by atoms with Crippen molar-refractivity contribution in [1.29, 1.82) is 0 Å². The zero-order valence-corrected chi connectivity index (χ0v) is 13.5. The number of hydrogen-bond donors (Lipinski definition) is 1. The third kappa shape index (κ3) is 3.78. The van der Waals surface area contributed by atoms with Crippen LogP contribution >= 0.6 is 11.6 Å². The van der Waals surface area contributed by atoms with Crippen molar-refractivity contribution in [3.05, 3.63) is 81.0 Å². The van der Waals surface area contributed by atoms with Crippen molar-refractivity contribution in [1.82, 2.24) is 10.4 Å². The van der Waals surface area contributed by atoms with Crippen molar-refractivity contribution < 1.29 is 9.72 Å². The first-order valence-corrected chi connectivity index (χ1v) is 7.55. The normalized spacial score (nSPS) is 10.9. The Hall–Kier alpha value is -3.32. The number of nitrogens with zero attached hydrogens (tertiary/aromatic N) is 3. The predicted molar refractivity (Wildman–Crippen MR) is 94.9 cm³/mol. The van der Waals surface area contributed by atoms with Gasteiger partial charge in [-0.3, -0.25) is 14.9 Å². The molecule has 1 aromatic heterocycles. The SMILES string of the molecule is O=C(N/N=C\c1cc2ccc([N+](=O)[O-])cc2nc1Cl)c1ccccc1. The van der Waals surface area contributed by atoms with Crippen LogP contribution in [0.25, 0.3) is 10.9 Å². The number of rotatable bonds is 4. The summed E-state index contributed by atoms with van der Waals surface area (Å²) in [6, 6.07) is 14.7. The molecule has 0 saturated carbocycles. The fourth-order valence-electron chi connectivity index (χ4n) is 2.17. The van der Waals surface area contributed by atoms with Crippen LogP contribution in [0.4, 0.5) is 5.69 Å². The number of benzene rings is 2. The lowest BCUT2D eigenvalue weighted by molar-refractivity contribution is -0.384. The largest absolute Gasteiger partial charge is 0.271 e. The molecule has 2 aromatic carbocycles. The van der Waals surface area contributed by atoms with E-state index >= 15 is 0 Å². The number of hydrogen-bond acceptors (Lipinski definition) is 5. The van der Waals surface area contributed by atoms with Crippen molar-refractivity contribution in [3.8, 4) is 0 Å². The van der Waals surface area contributed by atoms with Gasteiger partial charge in [-0.15, -0.1) is 0 Å². The Bertz CT molecular complexity index is 990. The molecule has 1 N–H and O–H groups in total. The molecule has 0 aliphatic carbocycles. The number of carbonyl (C=O) groups excluding carboxylic acids is 1. The van der Waals surface area contributed by atoms with Crippen LogP contribution in [0.5, 0.6) is 0 Å². The van der Waals surface area contributed by atoms with E-state index in [0.29, 0.717) is 22.0 Å². The predicted octanol–water partition coefficient (Wildman–Crippen LogP) is 3.56. The highest BCUT2D eigenvalue weighted by atomic mass is 35.5. The Balaban J connectivity index is 1.81. The molecule has 3 rings (SSSR count). The Kier molecular flexibility index (Phi) is 4.67. The molecule has 1 amide bonds. The molecular weight excluding hydrogens is 344 g/mol. The lowest BCUT2D eigenvalue weighted by Crippen LogP contribution is -2.17. The minimum Gasteiger partial charge on any atom is -0.267 e. The van der Waals surface area contributed by atoms with E-state index in [1.54, 1.807) is 36.4 Å². The van der Waals surface area contributed by atoms with Crippen LogP contribution in [0, 0.1) is 10.1 Å². The number of halogens is 1. The summed E-state index contributed by atoms with van der Waals surface area (Å²) >= 11 is 6.08. The van der Waals surface area contributed by atoms with Crippen LogP contribution in [0.2, 0.25) is 5.15 Å². The molecule has 0 spiro atoms. The number of amides is 1. The molecule has 0 radical (unpaired) electrons. The summed E-state index contributed by atoms with van der Waals surface area (Å²) in [6.07, 6.45) is 1.37. The van der Waals surface area contributed by atoms with Crippen LogP contribution in [0.1, 0.15) is 15.9 Å². The van der Waals surface area contributed by atoms with E-state index in [-0.39, 0.29) is 16.7 Å². The van der Waals surface area contributed by atoms with Crippen LogP contribution < -0.4 is 5.43 Å². The molecule has 0 bridgehead atoms. The smallest absolute Gasteiger partial charge is 0.267 e. The number of carbonyl (C=O) groups is 1. The maximum atomic E-state index is 11.9. The second-order valence-electron chi connectivity index (χ2n) is 5.07. The van der Waals surface area contributed by atoms with E-state index < -0.39 is 4.92 Å². The summed E-state index contributed by atoms with van der Waals surface area (Å²) in [6.45, 7) is 0. The van der Waals surface area contributed by atoms with Crippen molar-refractivity contribution in [2.75, 3.05) is 0 Å². The van der Waals surface area contributed by atoms with Gasteiger partial charge in [-0.05, 0) is 24.3 Å². The Morgan fingerprint density at radius 1 is 1.20 bits per heavy atom. The highest BCUT2D eigenvalue weighted by molar-refractivity contribution is 6.32. The van der Waals surface area contributed by atoms with E-state index in [1.807, 2.05) is 6.07 Å². The zero-order valence-electron chi connectivity index (χ0n) is 12.7. The van der Waals surface area contributed by atoms with Gasteiger partial charge in [-0.2, -0.15) is 5.10 Å². The maximum absolute atomic E-state index is 11.9. The highest BCUT2D eigenvalue weighted by Gasteiger charge is 2.09. The van der Waals surface area contributed by atoms with E-state index in [1.165, 1.54) is 18.3 Å². The first kappa shape index (κ1) is 16.5. The number of pyridine rings is 1. The molecule has 0 saturated heterocycles. The summed E-state index contributed by atoms with van der Waals surface area (Å²) in [7, 11) is 0. The summed E-state index contributed by atoms with van der Waals surface area (Å²) in [5.74, 6) is -0.350. The highest BCUT2D eigenvalue weighted by Crippen LogP contribution is 2.23. The summed E-state index contributed by atoms with van der Waals surface area (Å²) in [5.41, 5.74) is 3.71. The third-order valence-electron chi connectivity index (χ3n) is 3.40. The summed E-state index contributed by atoms with van der Waals surface area (Å²) in [4.78, 5) is 26.3. The lowest BCUT2D eigenvalue weighted by atomic mass is 10.1. The Morgan fingerprint density at radius 3 is 2.68 bits per heavy atom. The molecule has 1 heterocycles. The molecule has 0 fully saturated rings. The minimum atomic E-state index is -0.497. The Labute approximate surface area is 147 Å². The topological polar surface area (TPSA) is 97.5 Å². The first-order valence-electron chi connectivity index (χ1n) is 7.18. The van der Waals surface area contributed by atoms with E-state index in [9.17, 15) is 14.9 Å². The lowest BCUT2D eigenvalue weighted by Gasteiger charge is -2.03. The molecule has 3 aromatic rings. The molecular formula is C17H11ClN4O3. The monoisotopic (exact) mass is 354 g/mol. The van der Waals surface area contributed by atoms with Gasteiger partial charge in [0.25, 0.3) is 11.6 Å². The quantitative estimate of drug-likeness (QED) is 0.335. The maximum Gasteiger partial charge on any atom is 0.271 e. The minimum absolute atomic E-state index is 0.0624. The molecule has 0 atom stereocenters. The van der Waals surface area contributed by atoms with Gasteiger partial charge in [0.2, 0.25) is 0 Å². The second kappa shape index (κ2) is 7.06. The van der Waals surface area contributed by atoms with Crippen molar-refractivity contribution in [3.63, 3.8) is 0 Å². The fraction of sp³-hybridized carbons (Fsp3) is 0. The average molecular weight is 355 g/mol. The van der Waals surface area contributed by atoms with E-state index in [2.05, 4.69) is 15.5 Å². The molecule has 0 aliphatic rings. The number of hydrazone groups is 1. The summed E-state index contributed by atoms with van der Waals surface area (Å²) < 4.78 is 0. The van der Waals surface area contributed by atoms with E-state index in [4.69, 9.17) is 11.6 Å². The number of non-ortho nitro benzene ring substituents is 1. The molecule has 0 aliphatic heterocycles. The van der Waals surface area contributed by atoms with Gasteiger partial charge < -0.3 is 0 Å². The average Bonchev–Trinajstić information content (AvgIpc) is 2.62. The van der Waals surface area contributed by atoms with Gasteiger partial charge in [-0.1, -0.05) is 29.8 Å². The van der Waals surface area contributed by atoms with E-state index in [0.717, 1.165) is 0 Å².